The van der Waals surface area contributed by atoms with Gasteiger partial charge in [0.15, 0.2) is 0 Å². The monoisotopic (exact) mass is 263 g/mol. The Hall–Kier alpha value is -2.13. The number of aromatic amines is 1. The first-order valence-corrected chi connectivity index (χ1v) is 7.15. The quantitative estimate of drug-likeness (QED) is 0.756. The summed E-state index contributed by atoms with van der Waals surface area (Å²) < 4.78 is 0. The summed E-state index contributed by atoms with van der Waals surface area (Å²) in [5.41, 5.74) is 2.28. The van der Waals surface area contributed by atoms with Gasteiger partial charge in [0.1, 0.15) is 5.82 Å². The van der Waals surface area contributed by atoms with Gasteiger partial charge in [-0.15, -0.1) is 0 Å². The van der Waals surface area contributed by atoms with E-state index in [1.807, 2.05) is 6.20 Å². The zero-order valence-electron chi connectivity index (χ0n) is 11.3. The molecule has 0 spiro atoms. The number of nitrogens with zero attached hydrogens (tertiary/aromatic N) is 1. The van der Waals surface area contributed by atoms with Crippen LogP contribution in [0.15, 0.2) is 48.7 Å². The van der Waals surface area contributed by atoms with Gasteiger partial charge >= 0.3 is 0 Å². The molecule has 1 aliphatic carbocycles. The van der Waals surface area contributed by atoms with Crippen molar-refractivity contribution in [3.63, 3.8) is 0 Å². The zero-order valence-corrected chi connectivity index (χ0v) is 11.3. The fourth-order valence-corrected chi connectivity index (χ4v) is 2.48. The molecule has 3 nitrogen and oxygen atoms in total. The van der Waals surface area contributed by atoms with Crippen molar-refractivity contribution < 1.29 is 0 Å². The lowest BCUT2D eigenvalue weighted by molar-refractivity contribution is 0.664. The Morgan fingerprint density at radius 1 is 1.10 bits per heavy atom. The molecule has 2 N–H and O–H groups in total. The summed E-state index contributed by atoms with van der Waals surface area (Å²) in [6.45, 7) is 0.832. The number of hydrogen-bond acceptors (Lipinski definition) is 2. The minimum Gasteiger partial charge on any atom is -0.341 e. The van der Waals surface area contributed by atoms with Crippen LogP contribution in [0.4, 0.5) is 0 Å². The van der Waals surface area contributed by atoms with Gasteiger partial charge in [-0.1, -0.05) is 36.4 Å². The van der Waals surface area contributed by atoms with E-state index in [0.717, 1.165) is 18.1 Å². The van der Waals surface area contributed by atoms with E-state index in [1.54, 1.807) is 0 Å². The van der Waals surface area contributed by atoms with E-state index in [9.17, 15) is 0 Å². The van der Waals surface area contributed by atoms with Crippen molar-refractivity contribution in [3.05, 3.63) is 54.5 Å². The lowest BCUT2D eigenvalue weighted by atomic mass is 10.1. The van der Waals surface area contributed by atoms with Crippen LogP contribution in [0.1, 0.15) is 18.7 Å². The van der Waals surface area contributed by atoms with Crippen molar-refractivity contribution in [3.8, 4) is 11.3 Å². The first kappa shape index (κ1) is 11.7. The first-order chi connectivity index (χ1) is 9.88. The molecule has 1 fully saturated rings. The SMILES string of the molecule is c1ccc2cc(-c3cnc(CNC4CC4)[nH]3)ccc2c1. The van der Waals surface area contributed by atoms with Gasteiger partial charge in [0.05, 0.1) is 18.4 Å². The minimum atomic E-state index is 0.712. The molecule has 20 heavy (non-hydrogen) atoms. The molecule has 0 unspecified atom stereocenters. The van der Waals surface area contributed by atoms with E-state index in [4.69, 9.17) is 0 Å². The van der Waals surface area contributed by atoms with E-state index < -0.39 is 0 Å². The third kappa shape index (κ3) is 2.32. The van der Waals surface area contributed by atoms with Crippen LogP contribution >= 0.6 is 0 Å². The van der Waals surface area contributed by atoms with Crippen molar-refractivity contribution in [1.82, 2.24) is 15.3 Å². The van der Waals surface area contributed by atoms with E-state index in [-0.39, 0.29) is 0 Å². The standard InChI is InChI=1S/C17H17N3/c1-2-4-13-9-14(6-5-12(13)3-1)16-10-19-17(20-16)11-18-15-7-8-15/h1-6,9-10,15,18H,7-8,11H2,(H,19,20). The number of nitrogens with one attached hydrogen (secondary N) is 2. The molecular weight excluding hydrogens is 246 g/mol. The van der Waals surface area contributed by atoms with E-state index in [0.29, 0.717) is 6.04 Å². The Labute approximate surface area is 118 Å². The van der Waals surface area contributed by atoms with Crippen LogP contribution in [0.25, 0.3) is 22.0 Å². The summed E-state index contributed by atoms with van der Waals surface area (Å²) in [5, 5.41) is 6.00. The number of hydrogen-bond donors (Lipinski definition) is 2. The predicted molar refractivity (Wildman–Crippen MR) is 81.4 cm³/mol. The fourth-order valence-electron chi connectivity index (χ4n) is 2.48. The third-order valence-electron chi connectivity index (χ3n) is 3.82. The van der Waals surface area contributed by atoms with Gasteiger partial charge in [0.25, 0.3) is 0 Å². The number of rotatable bonds is 4. The van der Waals surface area contributed by atoms with Crippen LogP contribution in [-0.4, -0.2) is 16.0 Å². The Balaban J connectivity index is 1.60. The minimum absolute atomic E-state index is 0.712. The van der Waals surface area contributed by atoms with Crippen LogP contribution in [0.2, 0.25) is 0 Å². The lowest BCUT2D eigenvalue weighted by Crippen LogP contribution is -2.16. The number of aromatic nitrogens is 2. The molecule has 0 bridgehead atoms. The lowest BCUT2D eigenvalue weighted by Gasteiger charge is -2.02. The van der Waals surface area contributed by atoms with Gasteiger partial charge in [0, 0.05) is 11.6 Å². The Morgan fingerprint density at radius 2 is 1.95 bits per heavy atom. The van der Waals surface area contributed by atoms with E-state index >= 15 is 0 Å². The van der Waals surface area contributed by atoms with Gasteiger partial charge in [-0.3, -0.25) is 0 Å². The van der Waals surface area contributed by atoms with Crippen molar-refractivity contribution in [2.24, 2.45) is 0 Å². The molecule has 0 radical (unpaired) electrons. The first-order valence-electron chi connectivity index (χ1n) is 7.15. The summed E-state index contributed by atoms with van der Waals surface area (Å²) in [7, 11) is 0. The van der Waals surface area contributed by atoms with E-state index in [2.05, 4.69) is 57.7 Å². The second-order valence-corrected chi connectivity index (χ2v) is 5.46. The maximum absolute atomic E-state index is 4.45. The molecule has 2 aromatic carbocycles. The Kier molecular flexibility index (Phi) is 2.78. The average Bonchev–Trinajstić information content (AvgIpc) is 3.21. The summed E-state index contributed by atoms with van der Waals surface area (Å²) in [4.78, 5) is 7.86. The Morgan fingerprint density at radius 3 is 2.80 bits per heavy atom. The zero-order chi connectivity index (χ0) is 13.4. The van der Waals surface area contributed by atoms with Crippen LogP contribution in [-0.2, 0) is 6.54 Å². The highest BCUT2D eigenvalue weighted by molar-refractivity contribution is 5.86. The van der Waals surface area contributed by atoms with Crippen LogP contribution in [0.3, 0.4) is 0 Å². The summed E-state index contributed by atoms with van der Waals surface area (Å²) in [6, 6.07) is 15.7. The number of imidazole rings is 1. The predicted octanol–water partition coefficient (Wildman–Crippen LogP) is 3.48. The molecule has 1 aromatic heterocycles. The summed E-state index contributed by atoms with van der Waals surface area (Å²) in [5.74, 6) is 1.01. The van der Waals surface area contributed by atoms with Crippen molar-refractivity contribution >= 4 is 10.8 Å². The molecule has 0 atom stereocenters. The maximum atomic E-state index is 4.45. The summed E-state index contributed by atoms with van der Waals surface area (Å²) in [6.07, 6.45) is 4.53. The highest BCUT2D eigenvalue weighted by Crippen LogP contribution is 2.23. The number of H-pyrrole nitrogens is 1. The van der Waals surface area contributed by atoms with Crippen molar-refractivity contribution in [2.75, 3.05) is 0 Å². The van der Waals surface area contributed by atoms with Crippen LogP contribution in [0, 0.1) is 0 Å². The van der Waals surface area contributed by atoms with Gasteiger partial charge in [0.2, 0.25) is 0 Å². The third-order valence-corrected chi connectivity index (χ3v) is 3.82. The highest BCUT2D eigenvalue weighted by atomic mass is 15.0. The average molecular weight is 263 g/mol. The van der Waals surface area contributed by atoms with Crippen molar-refractivity contribution in [2.45, 2.75) is 25.4 Å². The van der Waals surface area contributed by atoms with Gasteiger partial charge in [-0.2, -0.15) is 0 Å². The molecule has 4 rings (SSSR count). The molecule has 0 amide bonds. The summed E-state index contributed by atoms with van der Waals surface area (Å²) >= 11 is 0. The maximum Gasteiger partial charge on any atom is 0.120 e. The number of fused-ring (bicyclic) bond motifs is 1. The smallest absolute Gasteiger partial charge is 0.120 e. The molecule has 1 heterocycles. The normalized spacial score (nSPS) is 14.8. The van der Waals surface area contributed by atoms with Gasteiger partial charge in [-0.05, 0) is 29.7 Å². The van der Waals surface area contributed by atoms with Crippen LogP contribution in [0.5, 0.6) is 0 Å². The molecule has 0 aliphatic heterocycles. The molecule has 0 saturated heterocycles. The fraction of sp³-hybridized carbons (Fsp3) is 0.235. The highest BCUT2D eigenvalue weighted by Gasteiger charge is 2.20. The molecular formula is C17H17N3. The Bertz CT molecular complexity index is 741. The topological polar surface area (TPSA) is 40.7 Å². The number of benzene rings is 2. The van der Waals surface area contributed by atoms with Crippen LogP contribution < -0.4 is 5.32 Å². The molecule has 1 saturated carbocycles. The second-order valence-electron chi connectivity index (χ2n) is 5.46. The molecule has 3 heteroatoms. The molecule has 100 valence electrons. The largest absolute Gasteiger partial charge is 0.341 e. The molecule has 3 aromatic rings. The van der Waals surface area contributed by atoms with Crippen molar-refractivity contribution in [1.29, 1.82) is 0 Å². The molecule has 1 aliphatic rings. The van der Waals surface area contributed by atoms with E-state index in [1.165, 1.54) is 29.2 Å². The van der Waals surface area contributed by atoms with Gasteiger partial charge in [-0.25, -0.2) is 4.98 Å². The van der Waals surface area contributed by atoms with Gasteiger partial charge < -0.3 is 10.3 Å². The second kappa shape index (κ2) is 4.76.